The van der Waals surface area contributed by atoms with Gasteiger partial charge in [0.05, 0.1) is 11.4 Å². The molecule has 0 saturated carbocycles. The van der Waals surface area contributed by atoms with Crippen LogP contribution in [0.2, 0.25) is 0 Å². The zero-order valence-electron chi connectivity index (χ0n) is 12.9. The van der Waals surface area contributed by atoms with Crippen LogP contribution in [0, 0.1) is 12.8 Å². The number of pyridine rings is 1. The molecule has 1 aromatic rings. The molecule has 1 atom stereocenters. The van der Waals surface area contributed by atoms with Crippen molar-refractivity contribution in [3.63, 3.8) is 0 Å². The van der Waals surface area contributed by atoms with Crippen LogP contribution in [0.5, 0.6) is 0 Å². The third-order valence-electron chi connectivity index (χ3n) is 3.77. The van der Waals surface area contributed by atoms with Gasteiger partial charge in [-0.25, -0.2) is 13.1 Å². The third kappa shape index (κ3) is 5.37. The Bertz CT molecular complexity index is 560. The van der Waals surface area contributed by atoms with Gasteiger partial charge >= 0.3 is 0 Å². The fourth-order valence-electron chi connectivity index (χ4n) is 2.73. The summed E-state index contributed by atoms with van der Waals surface area (Å²) in [6.45, 7) is 7.23. The first kappa shape index (κ1) is 16.4. The highest BCUT2D eigenvalue weighted by atomic mass is 32.2. The van der Waals surface area contributed by atoms with Crippen molar-refractivity contribution in [1.82, 2.24) is 14.6 Å². The van der Waals surface area contributed by atoms with E-state index in [1.165, 1.54) is 0 Å². The van der Waals surface area contributed by atoms with Gasteiger partial charge in [-0.1, -0.05) is 13.0 Å². The van der Waals surface area contributed by atoms with E-state index in [0.29, 0.717) is 18.9 Å². The number of aryl methyl sites for hydroxylation is 1. The van der Waals surface area contributed by atoms with E-state index in [9.17, 15) is 8.42 Å². The Morgan fingerprint density at radius 1 is 1.43 bits per heavy atom. The molecule has 0 aromatic carbocycles. The number of hydrogen-bond acceptors (Lipinski definition) is 4. The molecule has 1 fully saturated rings. The number of likely N-dealkylation sites (tertiary alicyclic amines) is 1. The first-order valence-electron chi connectivity index (χ1n) is 7.61. The Hall–Kier alpha value is -0.980. The van der Waals surface area contributed by atoms with Crippen LogP contribution in [0.3, 0.4) is 0 Å². The lowest BCUT2D eigenvalue weighted by Gasteiger charge is -2.16. The molecule has 0 aliphatic carbocycles. The molecule has 0 bridgehead atoms. The van der Waals surface area contributed by atoms with Gasteiger partial charge < -0.3 is 0 Å². The Morgan fingerprint density at radius 2 is 2.24 bits per heavy atom. The zero-order chi connectivity index (χ0) is 15.3. The molecular weight excluding hydrogens is 286 g/mol. The molecule has 0 amide bonds. The molecule has 1 aliphatic heterocycles. The summed E-state index contributed by atoms with van der Waals surface area (Å²) < 4.78 is 26.1. The molecular formula is C15H25N3O2S. The largest absolute Gasteiger partial charge is 0.297 e. The normalized spacial score (nSPS) is 20.0. The minimum Gasteiger partial charge on any atom is -0.297 e. The molecule has 118 valence electrons. The van der Waals surface area contributed by atoms with Crippen LogP contribution in [-0.4, -0.2) is 43.7 Å². The summed E-state index contributed by atoms with van der Waals surface area (Å²) >= 11 is 0. The molecule has 0 radical (unpaired) electrons. The fraction of sp³-hybridized carbons (Fsp3) is 0.667. The van der Waals surface area contributed by atoms with E-state index in [-0.39, 0.29) is 5.75 Å². The van der Waals surface area contributed by atoms with E-state index in [0.717, 1.165) is 37.4 Å². The van der Waals surface area contributed by atoms with E-state index >= 15 is 0 Å². The Labute approximate surface area is 127 Å². The summed E-state index contributed by atoms with van der Waals surface area (Å²) in [4.78, 5) is 6.87. The number of nitrogens with zero attached hydrogens (tertiary/aromatic N) is 2. The van der Waals surface area contributed by atoms with E-state index < -0.39 is 10.0 Å². The third-order valence-corrected chi connectivity index (χ3v) is 5.32. The highest BCUT2D eigenvalue weighted by Crippen LogP contribution is 2.17. The Balaban J connectivity index is 1.78. The molecule has 21 heavy (non-hydrogen) atoms. The van der Waals surface area contributed by atoms with Gasteiger partial charge in [-0.3, -0.25) is 9.88 Å². The minimum atomic E-state index is -3.08. The van der Waals surface area contributed by atoms with Crippen LogP contribution >= 0.6 is 0 Å². The molecule has 1 saturated heterocycles. The SMILES string of the molecule is CCCS(=O)(=O)NC[C@@H]1CCN(Cc2cccc(C)n2)C1. The highest BCUT2D eigenvalue weighted by Gasteiger charge is 2.24. The second-order valence-electron chi connectivity index (χ2n) is 5.83. The zero-order valence-corrected chi connectivity index (χ0v) is 13.7. The van der Waals surface area contributed by atoms with Crippen molar-refractivity contribution < 1.29 is 8.42 Å². The maximum absolute atomic E-state index is 11.7. The van der Waals surface area contributed by atoms with Crippen LogP contribution < -0.4 is 4.72 Å². The van der Waals surface area contributed by atoms with Gasteiger partial charge in [0.1, 0.15) is 0 Å². The predicted molar refractivity (Wildman–Crippen MR) is 84.4 cm³/mol. The fourth-order valence-corrected chi connectivity index (χ4v) is 3.90. The van der Waals surface area contributed by atoms with Crippen LogP contribution in [0.4, 0.5) is 0 Å². The molecule has 5 nitrogen and oxygen atoms in total. The molecule has 2 heterocycles. The minimum absolute atomic E-state index is 0.219. The van der Waals surface area contributed by atoms with Crippen LogP contribution in [0.15, 0.2) is 18.2 Å². The maximum Gasteiger partial charge on any atom is 0.211 e. The first-order chi connectivity index (χ1) is 9.98. The summed E-state index contributed by atoms with van der Waals surface area (Å²) in [6, 6.07) is 6.08. The molecule has 1 aliphatic rings. The van der Waals surface area contributed by atoms with Crippen molar-refractivity contribution in [1.29, 1.82) is 0 Å². The Morgan fingerprint density at radius 3 is 2.95 bits per heavy atom. The molecule has 0 unspecified atom stereocenters. The smallest absolute Gasteiger partial charge is 0.211 e. The molecule has 1 N–H and O–H groups in total. The lowest BCUT2D eigenvalue weighted by molar-refractivity contribution is 0.312. The Kier molecular flexibility index (Phi) is 5.72. The molecule has 0 spiro atoms. The van der Waals surface area contributed by atoms with Gasteiger partial charge in [0.15, 0.2) is 0 Å². The second-order valence-corrected chi connectivity index (χ2v) is 7.75. The van der Waals surface area contributed by atoms with Crippen LogP contribution in [-0.2, 0) is 16.6 Å². The number of hydrogen-bond donors (Lipinski definition) is 1. The van der Waals surface area contributed by atoms with E-state index in [4.69, 9.17) is 0 Å². The first-order valence-corrected chi connectivity index (χ1v) is 9.26. The highest BCUT2D eigenvalue weighted by molar-refractivity contribution is 7.89. The topological polar surface area (TPSA) is 62.3 Å². The lowest BCUT2D eigenvalue weighted by Crippen LogP contribution is -2.32. The van der Waals surface area contributed by atoms with Gasteiger partial charge in [0.25, 0.3) is 0 Å². The van der Waals surface area contributed by atoms with Gasteiger partial charge in [0.2, 0.25) is 10.0 Å². The van der Waals surface area contributed by atoms with Crippen molar-refractivity contribution >= 4 is 10.0 Å². The molecule has 1 aromatic heterocycles. The molecule has 2 rings (SSSR count). The van der Waals surface area contributed by atoms with Crippen molar-refractivity contribution in [3.05, 3.63) is 29.6 Å². The summed E-state index contributed by atoms with van der Waals surface area (Å²) in [5, 5.41) is 0. The van der Waals surface area contributed by atoms with Crippen molar-refractivity contribution in [2.24, 2.45) is 5.92 Å². The van der Waals surface area contributed by atoms with Crippen molar-refractivity contribution in [2.75, 3.05) is 25.4 Å². The van der Waals surface area contributed by atoms with Gasteiger partial charge in [-0.2, -0.15) is 0 Å². The van der Waals surface area contributed by atoms with Crippen molar-refractivity contribution in [2.45, 2.75) is 33.2 Å². The predicted octanol–water partition coefficient (Wildman–Crippen LogP) is 1.54. The summed E-state index contributed by atoms with van der Waals surface area (Å²) in [5.41, 5.74) is 2.12. The maximum atomic E-state index is 11.7. The monoisotopic (exact) mass is 311 g/mol. The van der Waals surface area contributed by atoms with Crippen LogP contribution in [0.25, 0.3) is 0 Å². The molecule has 6 heteroatoms. The van der Waals surface area contributed by atoms with Crippen molar-refractivity contribution in [3.8, 4) is 0 Å². The quantitative estimate of drug-likeness (QED) is 0.830. The average molecular weight is 311 g/mol. The summed E-state index contributed by atoms with van der Waals surface area (Å²) in [5.74, 6) is 0.623. The van der Waals surface area contributed by atoms with Crippen LogP contribution in [0.1, 0.15) is 31.2 Å². The summed E-state index contributed by atoms with van der Waals surface area (Å²) in [7, 11) is -3.08. The second kappa shape index (κ2) is 7.33. The van der Waals surface area contributed by atoms with E-state index in [2.05, 4.69) is 14.6 Å². The lowest BCUT2D eigenvalue weighted by atomic mass is 10.1. The van der Waals surface area contributed by atoms with E-state index in [1.54, 1.807) is 0 Å². The average Bonchev–Trinajstić information content (AvgIpc) is 2.84. The van der Waals surface area contributed by atoms with E-state index in [1.807, 2.05) is 32.0 Å². The number of rotatable bonds is 7. The summed E-state index contributed by atoms with van der Waals surface area (Å²) in [6.07, 6.45) is 1.70. The van der Waals surface area contributed by atoms with Gasteiger partial charge in [-0.15, -0.1) is 0 Å². The number of nitrogens with one attached hydrogen (secondary N) is 1. The van der Waals surface area contributed by atoms with Gasteiger partial charge in [0, 0.05) is 25.3 Å². The van der Waals surface area contributed by atoms with Gasteiger partial charge in [-0.05, 0) is 44.4 Å². The number of aromatic nitrogens is 1. The number of sulfonamides is 1. The standard InChI is InChI=1S/C15H25N3O2S/c1-3-9-21(19,20)16-10-14-7-8-18(11-14)12-15-6-4-5-13(2)17-15/h4-6,14,16H,3,7-12H2,1-2H3/t14-/m0/s1.